The molecule has 0 heterocycles. The Bertz CT molecular complexity index is 1460. The van der Waals surface area contributed by atoms with Crippen LogP contribution in [0.3, 0.4) is 0 Å². The van der Waals surface area contributed by atoms with Crippen LogP contribution in [0, 0.1) is 0 Å². The van der Waals surface area contributed by atoms with E-state index >= 15 is 0 Å². The van der Waals surface area contributed by atoms with E-state index in [9.17, 15) is 19.2 Å². The second-order valence-electron chi connectivity index (χ2n) is 10.2. The number of hydrogen-bond acceptors (Lipinski definition) is 9. The maximum Gasteiger partial charge on any atom is 0.408 e. The summed E-state index contributed by atoms with van der Waals surface area (Å²) in [6, 6.07) is 21.9. The van der Waals surface area contributed by atoms with Gasteiger partial charge in [0.15, 0.2) is 0 Å². The Morgan fingerprint density at radius 2 is 1.67 bits per heavy atom. The maximum atomic E-state index is 13.4. The first-order chi connectivity index (χ1) is 22.2. The van der Waals surface area contributed by atoms with Crippen molar-refractivity contribution in [3.63, 3.8) is 0 Å². The summed E-state index contributed by atoms with van der Waals surface area (Å²) in [5, 5.41) is 3.73. The van der Waals surface area contributed by atoms with Crippen LogP contribution in [0.4, 0.5) is 4.79 Å². The molecule has 0 aliphatic carbocycles. The Morgan fingerprint density at radius 1 is 0.957 bits per heavy atom. The molecule has 2 atom stereocenters. The molecule has 0 spiro atoms. The zero-order valence-corrected chi connectivity index (χ0v) is 27.1. The minimum absolute atomic E-state index is 0.00205. The zero-order valence-electron chi connectivity index (χ0n) is 26.3. The average Bonchev–Trinajstić information content (AvgIpc) is 3.08. The molecule has 46 heavy (non-hydrogen) atoms. The lowest BCUT2D eigenvalue weighted by Gasteiger charge is -2.19. The highest BCUT2D eigenvalue weighted by atomic mass is 32.2. The molecule has 0 radical (unpaired) electrons. The quantitative estimate of drug-likeness (QED) is 0.111. The second kappa shape index (κ2) is 18.9. The molecule has 0 saturated carbocycles. The molecular weight excluding hydrogens is 608 g/mol. The predicted molar refractivity (Wildman–Crippen MR) is 178 cm³/mol. The lowest BCUT2D eigenvalue weighted by atomic mass is 10.0. The van der Waals surface area contributed by atoms with Crippen molar-refractivity contribution < 1.29 is 38.1 Å². The van der Waals surface area contributed by atoms with Crippen LogP contribution in [0.15, 0.2) is 85.5 Å². The number of carbonyl (C=O) groups is 4. The molecule has 0 bridgehead atoms. The smallest absolute Gasteiger partial charge is 0.408 e. The average molecular weight is 649 g/mol. The van der Waals surface area contributed by atoms with Crippen LogP contribution in [-0.2, 0) is 36.9 Å². The minimum atomic E-state index is -0.915. The molecule has 0 aliphatic rings. The number of carbonyl (C=O) groups excluding carboxylic acids is 4. The fourth-order valence-corrected chi connectivity index (χ4v) is 5.21. The van der Waals surface area contributed by atoms with Crippen LogP contribution in [0.1, 0.15) is 30.9 Å². The van der Waals surface area contributed by atoms with Crippen molar-refractivity contribution in [2.45, 2.75) is 44.1 Å². The van der Waals surface area contributed by atoms with E-state index in [2.05, 4.69) is 17.2 Å². The minimum Gasteiger partial charge on any atom is -0.496 e. The standard InChI is InChI=1S/C35H40N2O8S/c1-5-19-44-35(41)37-24(2)34(40)46-31(21-25-13-15-27(16-14-25)26-10-7-6-8-11-26)33(39)45-23-28-17-18-29(22-30(28)42-4)43-20-9-12-32(38)36-3/h5-8,10-11,13-18,22,24,31H,1,9,12,19-21,23H2,2-4H3,(H,36,38)(H,37,41). The highest BCUT2D eigenvalue weighted by Crippen LogP contribution is 2.28. The van der Waals surface area contributed by atoms with Crippen molar-refractivity contribution >= 4 is 34.8 Å². The molecule has 10 nitrogen and oxygen atoms in total. The van der Waals surface area contributed by atoms with Crippen LogP contribution in [0.25, 0.3) is 11.1 Å². The van der Waals surface area contributed by atoms with Crippen molar-refractivity contribution in [2.75, 3.05) is 27.4 Å². The van der Waals surface area contributed by atoms with Gasteiger partial charge in [-0.1, -0.05) is 79.0 Å². The van der Waals surface area contributed by atoms with Gasteiger partial charge in [-0.2, -0.15) is 0 Å². The van der Waals surface area contributed by atoms with Crippen molar-refractivity contribution in [1.29, 1.82) is 0 Å². The van der Waals surface area contributed by atoms with Gasteiger partial charge in [-0.3, -0.25) is 14.4 Å². The number of alkyl carbamates (subject to hydrolysis) is 1. The molecule has 3 aromatic rings. The van der Waals surface area contributed by atoms with Crippen LogP contribution >= 0.6 is 11.8 Å². The molecule has 3 rings (SSSR count). The van der Waals surface area contributed by atoms with Gasteiger partial charge in [0, 0.05) is 25.1 Å². The van der Waals surface area contributed by atoms with Crippen LogP contribution < -0.4 is 20.1 Å². The summed E-state index contributed by atoms with van der Waals surface area (Å²) >= 11 is 0.801. The summed E-state index contributed by atoms with van der Waals surface area (Å²) in [5.41, 5.74) is 3.53. The number of methoxy groups -OCH3 is 1. The summed E-state index contributed by atoms with van der Waals surface area (Å²) in [7, 11) is 3.09. The van der Waals surface area contributed by atoms with E-state index in [-0.39, 0.29) is 25.5 Å². The van der Waals surface area contributed by atoms with Gasteiger partial charge in [0.25, 0.3) is 0 Å². The number of rotatable bonds is 17. The molecule has 3 aromatic carbocycles. The maximum absolute atomic E-state index is 13.4. The monoisotopic (exact) mass is 648 g/mol. The Morgan fingerprint density at radius 3 is 2.35 bits per heavy atom. The van der Waals surface area contributed by atoms with Gasteiger partial charge < -0.3 is 29.6 Å². The van der Waals surface area contributed by atoms with E-state index < -0.39 is 28.5 Å². The normalized spacial score (nSPS) is 11.8. The Kier molecular flexibility index (Phi) is 14.7. The molecule has 2 unspecified atom stereocenters. The number of esters is 1. The Labute approximate surface area is 273 Å². The van der Waals surface area contributed by atoms with Crippen molar-refractivity contribution in [3.8, 4) is 22.6 Å². The molecule has 11 heteroatoms. The summed E-state index contributed by atoms with van der Waals surface area (Å²) in [6.07, 6.45) is 1.79. The van der Waals surface area contributed by atoms with Gasteiger partial charge in [-0.05, 0) is 48.6 Å². The van der Waals surface area contributed by atoms with Gasteiger partial charge in [0.05, 0.1) is 19.8 Å². The first-order valence-corrected chi connectivity index (χ1v) is 15.7. The number of amides is 2. The van der Waals surface area contributed by atoms with E-state index in [1.54, 1.807) is 25.2 Å². The number of nitrogens with one attached hydrogen (secondary N) is 2. The number of thioether (sulfide) groups is 1. The molecule has 0 aliphatic heterocycles. The highest BCUT2D eigenvalue weighted by Gasteiger charge is 2.28. The third-order valence-corrected chi connectivity index (χ3v) is 7.98. The highest BCUT2D eigenvalue weighted by molar-refractivity contribution is 8.14. The lowest BCUT2D eigenvalue weighted by Crippen LogP contribution is -2.39. The number of ether oxygens (including phenoxy) is 4. The predicted octanol–water partition coefficient (Wildman–Crippen LogP) is 5.48. The van der Waals surface area contributed by atoms with Crippen LogP contribution in [-0.4, -0.2) is 61.7 Å². The second-order valence-corrected chi connectivity index (χ2v) is 11.4. The Hall–Kier alpha value is -4.77. The van der Waals surface area contributed by atoms with E-state index in [0.29, 0.717) is 36.5 Å². The number of hydrogen-bond donors (Lipinski definition) is 2. The largest absolute Gasteiger partial charge is 0.496 e. The zero-order chi connectivity index (χ0) is 33.3. The summed E-state index contributed by atoms with van der Waals surface area (Å²) in [6.45, 7) is 5.27. The van der Waals surface area contributed by atoms with Crippen LogP contribution in [0.2, 0.25) is 0 Å². The molecule has 2 N–H and O–H groups in total. The van der Waals surface area contributed by atoms with Gasteiger partial charge in [0.1, 0.15) is 30.0 Å². The first-order valence-electron chi connectivity index (χ1n) is 14.8. The Balaban J connectivity index is 1.69. The lowest BCUT2D eigenvalue weighted by molar-refractivity contribution is -0.144. The van der Waals surface area contributed by atoms with E-state index in [4.69, 9.17) is 18.9 Å². The third-order valence-electron chi connectivity index (χ3n) is 6.75. The molecule has 0 aromatic heterocycles. The third kappa shape index (κ3) is 11.6. The van der Waals surface area contributed by atoms with Crippen LogP contribution in [0.5, 0.6) is 11.5 Å². The number of benzene rings is 3. The summed E-state index contributed by atoms with van der Waals surface area (Å²) in [5.74, 6) is 0.361. The van der Waals surface area contributed by atoms with Crippen molar-refractivity contribution in [1.82, 2.24) is 10.6 Å². The van der Waals surface area contributed by atoms with Gasteiger partial charge >= 0.3 is 12.1 Å². The SMILES string of the molecule is C=CCOC(=O)NC(C)C(=O)SC(Cc1ccc(-c2ccccc2)cc1)C(=O)OCc1ccc(OCCCC(=O)NC)cc1OC. The molecule has 244 valence electrons. The first kappa shape index (κ1) is 35.7. The van der Waals surface area contributed by atoms with E-state index in [1.807, 2.05) is 54.6 Å². The molecular formula is C35H40N2O8S. The molecule has 0 fully saturated rings. The molecule has 2 amide bonds. The summed E-state index contributed by atoms with van der Waals surface area (Å²) < 4.78 is 21.8. The topological polar surface area (TPSA) is 129 Å². The van der Waals surface area contributed by atoms with Gasteiger partial charge in [-0.15, -0.1) is 0 Å². The van der Waals surface area contributed by atoms with Gasteiger partial charge in [0.2, 0.25) is 11.0 Å². The van der Waals surface area contributed by atoms with Crippen molar-refractivity contribution in [3.05, 3.63) is 96.6 Å². The van der Waals surface area contributed by atoms with Crippen molar-refractivity contribution in [2.24, 2.45) is 0 Å². The fourth-order valence-electron chi connectivity index (χ4n) is 4.23. The fraction of sp³-hybridized carbons (Fsp3) is 0.314. The van der Waals surface area contributed by atoms with E-state index in [0.717, 1.165) is 28.5 Å². The molecule has 0 saturated heterocycles. The summed E-state index contributed by atoms with van der Waals surface area (Å²) in [4.78, 5) is 49.9. The van der Waals surface area contributed by atoms with Gasteiger partial charge in [-0.25, -0.2) is 4.79 Å². The van der Waals surface area contributed by atoms with E-state index in [1.165, 1.54) is 20.1 Å².